The van der Waals surface area contributed by atoms with Crippen LogP contribution in [0.25, 0.3) is 10.9 Å². The topological polar surface area (TPSA) is 105 Å². The molecule has 1 aromatic heterocycles. The molecule has 3 aromatic rings. The molecule has 1 saturated carbocycles. The van der Waals surface area contributed by atoms with E-state index in [1.165, 1.54) is 0 Å². The molecule has 0 spiro atoms. The van der Waals surface area contributed by atoms with Crippen LogP contribution in [-0.4, -0.2) is 45.1 Å². The molecule has 208 valence electrons. The molecule has 2 atom stereocenters. The summed E-state index contributed by atoms with van der Waals surface area (Å²) in [6.07, 6.45) is 8.19. The SMILES string of the molecule is C[C@@H]1CCCC[C@@]1(O)CCc1cc(CC2CCOCC2)cc2c(O)c(C(=O)NCc3ccc(Cl)cc3)nnc12. The van der Waals surface area contributed by atoms with Crippen molar-refractivity contribution >= 4 is 28.4 Å². The Morgan fingerprint density at radius 2 is 1.87 bits per heavy atom. The number of nitrogens with one attached hydrogen (secondary N) is 1. The maximum Gasteiger partial charge on any atom is 0.275 e. The number of amides is 1. The average Bonchev–Trinajstić information content (AvgIpc) is 2.94. The molecule has 2 aliphatic rings. The molecule has 2 aromatic carbocycles. The van der Waals surface area contributed by atoms with Crippen LogP contribution in [0.4, 0.5) is 0 Å². The largest absolute Gasteiger partial charge is 0.505 e. The zero-order valence-electron chi connectivity index (χ0n) is 22.6. The number of aliphatic hydroxyl groups is 1. The predicted octanol–water partition coefficient (Wildman–Crippen LogP) is 5.76. The number of ether oxygens (including phenoxy) is 1. The summed E-state index contributed by atoms with van der Waals surface area (Å²) in [6, 6.07) is 11.3. The lowest BCUT2D eigenvalue weighted by molar-refractivity contribution is -0.0475. The number of rotatable bonds is 8. The number of aromatic hydroxyl groups is 1. The number of hydrogen-bond donors (Lipinski definition) is 3. The highest BCUT2D eigenvalue weighted by atomic mass is 35.5. The van der Waals surface area contributed by atoms with Crippen LogP contribution >= 0.6 is 11.6 Å². The van der Waals surface area contributed by atoms with Gasteiger partial charge in [0.25, 0.3) is 5.91 Å². The first-order valence-electron chi connectivity index (χ1n) is 14.2. The summed E-state index contributed by atoms with van der Waals surface area (Å²) in [5.41, 5.74) is 2.74. The third-order valence-corrected chi connectivity index (χ3v) is 8.92. The van der Waals surface area contributed by atoms with Gasteiger partial charge in [-0.25, -0.2) is 0 Å². The molecule has 0 bridgehead atoms. The number of fused-ring (bicyclic) bond motifs is 1. The number of aromatic nitrogens is 2. The van der Waals surface area contributed by atoms with E-state index in [2.05, 4.69) is 28.5 Å². The van der Waals surface area contributed by atoms with Crippen molar-refractivity contribution in [2.75, 3.05) is 13.2 Å². The van der Waals surface area contributed by atoms with E-state index in [0.717, 1.165) is 74.8 Å². The fraction of sp³-hybridized carbons (Fsp3) is 0.516. The van der Waals surface area contributed by atoms with E-state index >= 15 is 0 Å². The van der Waals surface area contributed by atoms with Crippen LogP contribution in [0.15, 0.2) is 36.4 Å². The fourth-order valence-corrected chi connectivity index (χ4v) is 6.19. The number of benzene rings is 2. The van der Waals surface area contributed by atoms with Crippen molar-refractivity contribution in [1.82, 2.24) is 15.5 Å². The number of carbonyl (C=O) groups is 1. The van der Waals surface area contributed by atoms with Crippen LogP contribution in [0.2, 0.25) is 5.02 Å². The number of carbonyl (C=O) groups excluding carboxylic acids is 1. The third kappa shape index (κ3) is 6.53. The fourth-order valence-electron chi connectivity index (χ4n) is 6.07. The van der Waals surface area contributed by atoms with E-state index in [1.54, 1.807) is 12.1 Å². The number of halogens is 1. The van der Waals surface area contributed by atoms with Crippen molar-refractivity contribution in [2.24, 2.45) is 11.8 Å². The summed E-state index contributed by atoms with van der Waals surface area (Å²) in [6.45, 7) is 3.95. The standard InChI is InChI=1S/C31H38ClN3O4/c1-20-4-2-3-12-31(20,38)13-9-24-17-23(16-21-10-14-39-15-11-21)18-26-27(24)34-35-28(29(26)36)30(37)33-19-22-5-7-25(32)8-6-22/h5-8,17-18,20-21,38H,2-4,9-16,19H2,1H3,(H,33,37)(H,34,36)/t20-,31-/m1/s1. The second-order valence-electron chi connectivity index (χ2n) is 11.4. The summed E-state index contributed by atoms with van der Waals surface area (Å²) in [4.78, 5) is 13.0. The lowest BCUT2D eigenvalue weighted by Gasteiger charge is -2.38. The van der Waals surface area contributed by atoms with Crippen molar-refractivity contribution < 1.29 is 19.7 Å². The third-order valence-electron chi connectivity index (χ3n) is 8.67. The summed E-state index contributed by atoms with van der Waals surface area (Å²) >= 11 is 5.96. The normalized spacial score (nSPS) is 22.2. The quantitative estimate of drug-likeness (QED) is 0.329. The Balaban J connectivity index is 1.43. The monoisotopic (exact) mass is 551 g/mol. The zero-order chi connectivity index (χ0) is 27.4. The highest BCUT2D eigenvalue weighted by Gasteiger charge is 2.35. The van der Waals surface area contributed by atoms with E-state index < -0.39 is 11.5 Å². The van der Waals surface area contributed by atoms with Crippen LogP contribution in [-0.2, 0) is 24.1 Å². The number of hydrogen-bond acceptors (Lipinski definition) is 6. The van der Waals surface area contributed by atoms with Gasteiger partial charge in [-0.3, -0.25) is 4.79 Å². The summed E-state index contributed by atoms with van der Waals surface area (Å²) in [5.74, 6) is 0.107. The molecule has 0 radical (unpaired) electrons. The highest BCUT2D eigenvalue weighted by molar-refractivity contribution is 6.30. The summed E-state index contributed by atoms with van der Waals surface area (Å²) < 4.78 is 5.54. The van der Waals surface area contributed by atoms with Crippen LogP contribution in [0.1, 0.15) is 79.0 Å². The van der Waals surface area contributed by atoms with Gasteiger partial charge in [-0.2, -0.15) is 0 Å². The first-order valence-corrected chi connectivity index (χ1v) is 14.5. The number of nitrogens with zero attached hydrogens (tertiary/aromatic N) is 2. The minimum Gasteiger partial charge on any atom is -0.505 e. The Bertz CT molecular complexity index is 1310. The molecular formula is C31H38ClN3O4. The predicted molar refractivity (Wildman–Crippen MR) is 152 cm³/mol. The molecule has 0 unspecified atom stereocenters. The molecule has 8 heteroatoms. The molecule has 1 amide bonds. The summed E-state index contributed by atoms with van der Waals surface area (Å²) in [5, 5.41) is 35.2. The van der Waals surface area contributed by atoms with Crippen LogP contribution in [0.5, 0.6) is 5.75 Å². The molecule has 1 aliphatic carbocycles. The Hall–Kier alpha value is -2.74. The molecule has 39 heavy (non-hydrogen) atoms. The molecule has 3 N–H and O–H groups in total. The minimum atomic E-state index is -0.696. The Morgan fingerprint density at radius 3 is 2.62 bits per heavy atom. The van der Waals surface area contributed by atoms with Gasteiger partial charge >= 0.3 is 0 Å². The first-order chi connectivity index (χ1) is 18.8. The van der Waals surface area contributed by atoms with Crippen molar-refractivity contribution in [3.63, 3.8) is 0 Å². The van der Waals surface area contributed by atoms with Crippen molar-refractivity contribution in [3.8, 4) is 5.75 Å². The van der Waals surface area contributed by atoms with Crippen LogP contribution < -0.4 is 5.32 Å². The summed E-state index contributed by atoms with van der Waals surface area (Å²) in [7, 11) is 0. The van der Waals surface area contributed by atoms with Crippen LogP contribution in [0.3, 0.4) is 0 Å². The lowest BCUT2D eigenvalue weighted by atomic mass is 9.73. The van der Waals surface area contributed by atoms with Gasteiger partial charge in [-0.1, -0.05) is 49.6 Å². The molecule has 5 rings (SSSR count). The molecule has 1 aliphatic heterocycles. The second kappa shape index (κ2) is 12.2. The van der Waals surface area contributed by atoms with Gasteiger partial charge in [0, 0.05) is 30.2 Å². The van der Waals surface area contributed by atoms with Gasteiger partial charge in [0.15, 0.2) is 11.4 Å². The van der Waals surface area contributed by atoms with E-state index in [9.17, 15) is 15.0 Å². The van der Waals surface area contributed by atoms with Crippen LogP contribution in [0, 0.1) is 11.8 Å². The molecule has 7 nitrogen and oxygen atoms in total. The smallest absolute Gasteiger partial charge is 0.275 e. The average molecular weight is 552 g/mol. The maximum atomic E-state index is 13.0. The molecule has 2 heterocycles. The second-order valence-corrected chi connectivity index (χ2v) is 11.8. The van der Waals surface area contributed by atoms with Crippen molar-refractivity contribution in [1.29, 1.82) is 0 Å². The maximum absolute atomic E-state index is 13.0. The van der Waals surface area contributed by atoms with Gasteiger partial charge in [0.2, 0.25) is 0 Å². The molecule has 2 fully saturated rings. The van der Waals surface area contributed by atoms with Crippen molar-refractivity contribution in [3.05, 3.63) is 63.8 Å². The lowest BCUT2D eigenvalue weighted by Crippen LogP contribution is -2.39. The van der Waals surface area contributed by atoms with E-state index in [0.29, 0.717) is 34.7 Å². The van der Waals surface area contributed by atoms with Gasteiger partial charge in [0.1, 0.15) is 0 Å². The van der Waals surface area contributed by atoms with E-state index in [-0.39, 0.29) is 23.9 Å². The molecule has 1 saturated heterocycles. The highest BCUT2D eigenvalue weighted by Crippen LogP contribution is 2.38. The van der Waals surface area contributed by atoms with Gasteiger partial charge in [-0.05, 0) is 91.7 Å². The number of aryl methyl sites for hydroxylation is 1. The molecular weight excluding hydrogens is 514 g/mol. The van der Waals surface area contributed by atoms with E-state index in [4.69, 9.17) is 16.3 Å². The Morgan fingerprint density at radius 1 is 1.10 bits per heavy atom. The van der Waals surface area contributed by atoms with Gasteiger partial charge in [-0.15, -0.1) is 10.2 Å². The van der Waals surface area contributed by atoms with Gasteiger partial charge < -0.3 is 20.3 Å². The van der Waals surface area contributed by atoms with Gasteiger partial charge in [0.05, 0.1) is 11.1 Å². The van der Waals surface area contributed by atoms with E-state index in [1.807, 2.05) is 18.2 Å². The minimum absolute atomic E-state index is 0.0924. The Labute approximate surface area is 234 Å². The zero-order valence-corrected chi connectivity index (χ0v) is 23.3. The Kier molecular flexibility index (Phi) is 8.70. The van der Waals surface area contributed by atoms with Crippen molar-refractivity contribution in [2.45, 2.75) is 76.9 Å². The first kappa shape index (κ1) is 27.8.